The predicted octanol–water partition coefficient (Wildman–Crippen LogP) is 4.15. The minimum Gasteiger partial charge on any atom is -0.496 e. The van der Waals surface area contributed by atoms with Gasteiger partial charge in [0.05, 0.1) is 7.11 Å². The normalized spacial score (nSPS) is 15.1. The maximum atomic E-state index is 12.7. The summed E-state index contributed by atoms with van der Waals surface area (Å²) in [5.41, 5.74) is 5.03. The predicted molar refractivity (Wildman–Crippen MR) is 115 cm³/mol. The number of benzene rings is 2. The molecule has 0 aliphatic carbocycles. The van der Waals surface area contributed by atoms with Crippen molar-refractivity contribution in [3.63, 3.8) is 0 Å². The van der Waals surface area contributed by atoms with Crippen LogP contribution >= 0.6 is 0 Å². The van der Waals surface area contributed by atoms with E-state index in [4.69, 9.17) is 4.74 Å². The van der Waals surface area contributed by atoms with Gasteiger partial charge in [-0.3, -0.25) is 9.78 Å². The van der Waals surface area contributed by atoms with Crippen molar-refractivity contribution in [3.8, 4) is 5.75 Å². The van der Waals surface area contributed by atoms with Crippen LogP contribution < -0.4 is 15.0 Å². The summed E-state index contributed by atoms with van der Waals surface area (Å²) in [6, 6.07) is 20.4. The van der Waals surface area contributed by atoms with Crippen molar-refractivity contribution in [2.75, 3.05) is 18.6 Å². The first kappa shape index (κ1) is 19.0. The Labute approximate surface area is 171 Å². The Kier molecular flexibility index (Phi) is 5.47. The number of carbonyl (C=O) groups excluding carboxylic acids is 1. The number of nitrogens with zero attached hydrogens (tertiary/aromatic N) is 2. The molecule has 0 fully saturated rings. The van der Waals surface area contributed by atoms with Crippen molar-refractivity contribution in [2.45, 2.75) is 25.8 Å². The molecule has 0 bridgehead atoms. The van der Waals surface area contributed by atoms with Crippen molar-refractivity contribution >= 4 is 17.3 Å². The Morgan fingerprint density at radius 2 is 1.97 bits per heavy atom. The molecule has 2 heterocycles. The van der Waals surface area contributed by atoms with Gasteiger partial charge in [0.15, 0.2) is 0 Å². The van der Waals surface area contributed by atoms with Gasteiger partial charge < -0.3 is 15.0 Å². The number of fused-ring (bicyclic) bond motifs is 1. The third-order valence-electron chi connectivity index (χ3n) is 5.33. The van der Waals surface area contributed by atoms with Crippen LogP contribution in [0.1, 0.15) is 28.5 Å². The van der Waals surface area contributed by atoms with Crippen LogP contribution in [-0.2, 0) is 12.8 Å². The van der Waals surface area contributed by atoms with Gasteiger partial charge in [0.25, 0.3) is 5.91 Å². The number of carbonyl (C=O) groups is 1. The van der Waals surface area contributed by atoms with Crippen molar-refractivity contribution in [1.82, 2.24) is 10.3 Å². The van der Waals surface area contributed by atoms with Crippen LogP contribution in [0.15, 0.2) is 66.9 Å². The summed E-state index contributed by atoms with van der Waals surface area (Å²) in [5, 5.41) is 2.97. The second-order valence-corrected chi connectivity index (χ2v) is 7.27. The van der Waals surface area contributed by atoms with Crippen molar-refractivity contribution in [2.24, 2.45) is 0 Å². The molecule has 3 aromatic rings. The van der Waals surface area contributed by atoms with E-state index in [1.165, 1.54) is 11.3 Å². The molecular weight excluding hydrogens is 362 g/mol. The number of nitrogens with one attached hydrogen (secondary N) is 1. The molecule has 0 saturated carbocycles. The van der Waals surface area contributed by atoms with E-state index in [9.17, 15) is 4.79 Å². The van der Waals surface area contributed by atoms with Crippen LogP contribution in [-0.4, -0.2) is 30.6 Å². The summed E-state index contributed by atoms with van der Waals surface area (Å²) in [6.07, 6.45) is 3.41. The smallest absolute Gasteiger partial charge is 0.269 e. The molecule has 2 aromatic carbocycles. The van der Waals surface area contributed by atoms with Crippen LogP contribution in [0.25, 0.3) is 0 Å². The van der Waals surface area contributed by atoms with Crippen molar-refractivity contribution in [3.05, 3.63) is 83.7 Å². The number of anilines is 2. The van der Waals surface area contributed by atoms with Gasteiger partial charge in [-0.15, -0.1) is 0 Å². The van der Waals surface area contributed by atoms with E-state index in [2.05, 4.69) is 46.4 Å². The number of hydrogen-bond donors (Lipinski definition) is 1. The Morgan fingerprint density at radius 1 is 1.17 bits per heavy atom. The highest BCUT2D eigenvalue weighted by atomic mass is 16.5. The van der Waals surface area contributed by atoms with Gasteiger partial charge >= 0.3 is 0 Å². The molecule has 148 valence electrons. The number of amides is 1. The topological polar surface area (TPSA) is 54.5 Å². The Balaban J connectivity index is 1.45. The van der Waals surface area contributed by atoms with Crippen LogP contribution in [0.3, 0.4) is 0 Å². The number of hydrogen-bond acceptors (Lipinski definition) is 4. The van der Waals surface area contributed by atoms with E-state index in [0.717, 1.165) is 23.4 Å². The molecular formula is C24H25N3O2. The lowest BCUT2D eigenvalue weighted by Crippen LogP contribution is -2.28. The number of rotatable bonds is 6. The molecule has 0 spiro atoms. The zero-order valence-electron chi connectivity index (χ0n) is 16.8. The molecule has 1 aromatic heterocycles. The third-order valence-corrected chi connectivity index (χ3v) is 5.33. The molecule has 29 heavy (non-hydrogen) atoms. The summed E-state index contributed by atoms with van der Waals surface area (Å²) in [5.74, 6) is 0.672. The fourth-order valence-electron chi connectivity index (χ4n) is 3.96. The first-order chi connectivity index (χ1) is 14.2. The highest BCUT2D eigenvalue weighted by molar-refractivity contribution is 5.93. The van der Waals surface area contributed by atoms with E-state index in [1.54, 1.807) is 13.3 Å². The van der Waals surface area contributed by atoms with E-state index < -0.39 is 0 Å². The lowest BCUT2D eigenvalue weighted by molar-refractivity contribution is 0.0949. The number of ether oxygens (including phenoxy) is 1. The highest BCUT2D eigenvalue weighted by Gasteiger charge is 2.27. The summed E-state index contributed by atoms with van der Waals surface area (Å²) in [4.78, 5) is 19.2. The second-order valence-electron chi connectivity index (χ2n) is 7.27. The largest absolute Gasteiger partial charge is 0.496 e. The molecule has 5 heteroatoms. The number of pyridine rings is 1. The number of aromatic nitrogens is 1. The minimum absolute atomic E-state index is 0.165. The monoisotopic (exact) mass is 387 g/mol. The van der Waals surface area contributed by atoms with E-state index in [1.807, 2.05) is 36.4 Å². The Bertz CT molecular complexity index is 1020. The lowest BCUT2D eigenvalue weighted by atomic mass is 10.1. The van der Waals surface area contributed by atoms with Crippen LogP contribution in [0.2, 0.25) is 0 Å². The third kappa shape index (κ3) is 3.94. The molecule has 1 aliphatic heterocycles. The molecule has 1 aliphatic rings. The van der Waals surface area contributed by atoms with Gasteiger partial charge in [0.2, 0.25) is 0 Å². The summed E-state index contributed by atoms with van der Waals surface area (Å²) >= 11 is 0. The Morgan fingerprint density at radius 3 is 2.83 bits per heavy atom. The highest BCUT2D eigenvalue weighted by Crippen LogP contribution is 2.37. The zero-order chi connectivity index (χ0) is 20.2. The van der Waals surface area contributed by atoms with Crippen LogP contribution in [0.5, 0.6) is 5.75 Å². The van der Waals surface area contributed by atoms with Crippen LogP contribution in [0.4, 0.5) is 11.4 Å². The van der Waals surface area contributed by atoms with Gasteiger partial charge in [-0.25, -0.2) is 0 Å². The van der Waals surface area contributed by atoms with E-state index in [-0.39, 0.29) is 5.91 Å². The molecule has 1 amide bonds. The minimum atomic E-state index is -0.165. The maximum Gasteiger partial charge on any atom is 0.269 e. The van der Waals surface area contributed by atoms with E-state index in [0.29, 0.717) is 24.7 Å². The van der Waals surface area contributed by atoms with Crippen molar-refractivity contribution in [1.29, 1.82) is 0 Å². The van der Waals surface area contributed by atoms with Gasteiger partial charge in [0.1, 0.15) is 11.4 Å². The molecule has 1 atom stereocenters. The first-order valence-corrected chi connectivity index (χ1v) is 9.90. The van der Waals surface area contributed by atoms with Gasteiger partial charge in [-0.2, -0.15) is 0 Å². The number of para-hydroxylation sites is 2. The van der Waals surface area contributed by atoms with Gasteiger partial charge in [0, 0.05) is 30.2 Å². The fourth-order valence-corrected chi connectivity index (χ4v) is 3.96. The summed E-state index contributed by atoms with van der Waals surface area (Å²) in [6.45, 7) is 2.72. The molecule has 0 saturated heterocycles. The van der Waals surface area contributed by atoms with E-state index >= 15 is 0 Å². The van der Waals surface area contributed by atoms with Crippen LogP contribution in [0, 0.1) is 0 Å². The molecule has 1 N–H and O–H groups in total. The van der Waals surface area contributed by atoms with Crippen molar-refractivity contribution < 1.29 is 9.53 Å². The fraction of sp³-hybridized carbons (Fsp3) is 0.250. The second kappa shape index (κ2) is 8.35. The van der Waals surface area contributed by atoms with Gasteiger partial charge in [-0.1, -0.05) is 36.4 Å². The van der Waals surface area contributed by atoms with Gasteiger partial charge in [-0.05, 0) is 55.2 Å². The quantitative estimate of drug-likeness (QED) is 0.691. The molecule has 1 unspecified atom stereocenters. The summed E-state index contributed by atoms with van der Waals surface area (Å²) < 4.78 is 5.37. The average molecular weight is 387 g/mol. The average Bonchev–Trinajstić information content (AvgIpc) is 3.09. The number of methoxy groups -OCH3 is 1. The SMILES string of the molecule is COc1ccccc1CCNC(=O)c1cc(N2c3ccccc3CC2C)ccn1. The zero-order valence-corrected chi connectivity index (χ0v) is 16.8. The standard InChI is InChI=1S/C24H25N3O2/c1-17-15-19-8-3-5-9-22(19)27(17)20-12-14-25-21(16-20)24(28)26-13-11-18-7-4-6-10-23(18)29-2/h3-10,12,14,16-17H,11,13,15H2,1-2H3,(H,26,28). The lowest BCUT2D eigenvalue weighted by Gasteiger charge is -2.25. The maximum absolute atomic E-state index is 12.7. The molecule has 0 radical (unpaired) electrons. The first-order valence-electron chi connectivity index (χ1n) is 9.90. The molecule has 4 rings (SSSR count). The summed E-state index contributed by atoms with van der Waals surface area (Å²) in [7, 11) is 1.66. The Hall–Kier alpha value is -3.34. The molecule has 5 nitrogen and oxygen atoms in total.